The van der Waals surface area contributed by atoms with Crippen LogP contribution in [-0.4, -0.2) is 35.8 Å². The highest BCUT2D eigenvalue weighted by molar-refractivity contribution is 8.01. The lowest BCUT2D eigenvalue weighted by Gasteiger charge is -2.03. The smallest absolute Gasteiger partial charge is 0.208 e. The molecule has 0 bridgehead atoms. The van der Waals surface area contributed by atoms with E-state index < -0.39 is 0 Å². The fourth-order valence-electron chi connectivity index (χ4n) is 0.651. The fourth-order valence-corrected chi connectivity index (χ4v) is 2.58. The van der Waals surface area contributed by atoms with Crippen LogP contribution in [0.25, 0.3) is 0 Å². The van der Waals surface area contributed by atoms with Crippen molar-refractivity contribution in [1.29, 1.82) is 0 Å². The summed E-state index contributed by atoms with van der Waals surface area (Å²) in [7, 11) is 3.92. The van der Waals surface area contributed by atoms with E-state index in [1.165, 1.54) is 0 Å². The zero-order valence-corrected chi connectivity index (χ0v) is 10.8. The zero-order chi connectivity index (χ0) is 10.6. The molecule has 1 rings (SSSR count). The van der Waals surface area contributed by atoms with Crippen molar-refractivity contribution < 1.29 is 0 Å². The van der Waals surface area contributed by atoms with E-state index in [9.17, 15) is 0 Å². The van der Waals surface area contributed by atoms with Crippen LogP contribution in [0, 0.1) is 0 Å². The fraction of sp³-hybridized carbons (Fsp3) is 0.500. The second-order valence-corrected chi connectivity index (χ2v) is 5.44. The van der Waals surface area contributed by atoms with Crippen molar-refractivity contribution >= 4 is 40.9 Å². The molecular weight excluding hydrogens is 234 g/mol. The lowest BCUT2D eigenvalue weighted by atomic mass is 10.4. The van der Waals surface area contributed by atoms with Crippen molar-refractivity contribution in [2.75, 3.05) is 30.5 Å². The maximum atomic E-state index is 4.15. The van der Waals surface area contributed by atoms with Gasteiger partial charge in [0.25, 0.3) is 0 Å². The highest BCUT2D eigenvalue weighted by Gasteiger charge is 2.06. The van der Waals surface area contributed by atoms with Crippen molar-refractivity contribution in [3.8, 4) is 0 Å². The lowest BCUT2D eigenvalue weighted by molar-refractivity contribution is 0.973. The Labute approximate surface area is 98.0 Å². The summed E-state index contributed by atoms with van der Waals surface area (Å²) >= 11 is 7.40. The molecule has 0 unspecified atom stereocenters. The topological polar surface area (TPSA) is 29.0 Å². The summed E-state index contributed by atoms with van der Waals surface area (Å²) in [5.41, 5.74) is 1.11. The number of aromatic nitrogens is 2. The van der Waals surface area contributed by atoms with Gasteiger partial charge >= 0.3 is 0 Å². The normalized spacial score (nSPS) is 10.2. The van der Waals surface area contributed by atoms with Gasteiger partial charge in [-0.3, -0.25) is 0 Å². The number of anilines is 1. The van der Waals surface area contributed by atoms with Crippen LogP contribution in [0.15, 0.2) is 16.5 Å². The van der Waals surface area contributed by atoms with Crippen LogP contribution in [0.5, 0.6) is 0 Å². The number of thioether (sulfide) groups is 1. The predicted octanol–water partition coefficient (Wildman–Crippen LogP) is 2.18. The number of rotatable bonds is 5. The van der Waals surface area contributed by atoms with Crippen molar-refractivity contribution in [2.24, 2.45) is 0 Å². The van der Waals surface area contributed by atoms with E-state index in [-0.39, 0.29) is 0 Å². The van der Waals surface area contributed by atoms with Gasteiger partial charge in [-0.2, -0.15) is 12.6 Å². The average molecular weight is 247 g/mol. The molecule has 0 amide bonds. The molecule has 1 aromatic heterocycles. The third kappa shape index (κ3) is 3.51. The Balaban J connectivity index is 2.48. The van der Waals surface area contributed by atoms with E-state index in [4.69, 9.17) is 0 Å². The molecule has 0 aliphatic rings. The standard InChI is InChI=1S/C8H13N3S3/c1-6(4-12)5-13-8-10-9-7(14-8)11(2)3/h12H,1,4-5H2,2-3H3. The van der Waals surface area contributed by atoms with Gasteiger partial charge in [0.1, 0.15) is 0 Å². The molecule has 0 atom stereocenters. The van der Waals surface area contributed by atoms with Crippen molar-refractivity contribution in [3.05, 3.63) is 12.2 Å². The van der Waals surface area contributed by atoms with Gasteiger partial charge in [0.15, 0.2) is 4.34 Å². The molecule has 0 aliphatic carbocycles. The number of nitrogens with zero attached hydrogens (tertiary/aromatic N) is 3. The predicted molar refractivity (Wildman–Crippen MR) is 68.0 cm³/mol. The van der Waals surface area contributed by atoms with Gasteiger partial charge < -0.3 is 4.90 Å². The summed E-state index contributed by atoms with van der Waals surface area (Å²) in [5.74, 6) is 1.60. The van der Waals surface area contributed by atoms with Crippen LogP contribution in [0.3, 0.4) is 0 Å². The largest absolute Gasteiger partial charge is 0.353 e. The maximum absolute atomic E-state index is 4.15. The summed E-state index contributed by atoms with van der Waals surface area (Å²) in [6.45, 7) is 3.88. The highest BCUT2D eigenvalue weighted by atomic mass is 32.2. The molecule has 1 aromatic rings. The second-order valence-electron chi connectivity index (χ2n) is 2.94. The van der Waals surface area contributed by atoms with Crippen LogP contribution in [0.2, 0.25) is 0 Å². The first-order valence-corrected chi connectivity index (χ1v) is 6.48. The molecule has 0 radical (unpaired) electrons. The van der Waals surface area contributed by atoms with Gasteiger partial charge in [-0.1, -0.05) is 35.3 Å². The van der Waals surface area contributed by atoms with Crippen LogP contribution in [-0.2, 0) is 0 Å². The zero-order valence-electron chi connectivity index (χ0n) is 8.23. The van der Waals surface area contributed by atoms with Gasteiger partial charge in [0.2, 0.25) is 5.13 Å². The Morgan fingerprint density at radius 2 is 2.29 bits per heavy atom. The number of hydrogen-bond donors (Lipinski definition) is 1. The third-order valence-corrected chi connectivity index (χ3v) is 4.22. The quantitative estimate of drug-likeness (QED) is 0.490. The molecule has 1 heterocycles. The molecule has 6 heteroatoms. The molecule has 0 aromatic carbocycles. The molecule has 0 saturated heterocycles. The van der Waals surface area contributed by atoms with E-state index in [0.29, 0.717) is 0 Å². The molecule has 78 valence electrons. The van der Waals surface area contributed by atoms with Crippen LogP contribution in [0.4, 0.5) is 5.13 Å². The first kappa shape index (κ1) is 11.9. The first-order valence-electron chi connectivity index (χ1n) is 4.04. The molecule has 0 N–H and O–H groups in total. The molecule has 14 heavy (non-hydrogen) atoms. The summed E-state index contributed by atoms with van der Waals surface area (Å²) in [5, 5.41) is 9.05. The van der Waals surface area contributed by atoms with Gasteiger partial charge in [-0.25, -0.2) is 0 Å². The van der Waals surface area contributed by atoms with Crippen molar-refractivity contribution in [3.63, 3.8) is 0 Å². The van der Waals surface area contributed by atoms with E-state index in [1.807, 2.05) is 19.0 Å². The molecular formula is C8H13N3S3. The van der Waals surface area contributed by atoms with Crippen LogP contribution in [0.1, 0.15) is 0 Å². The van der Waals surface area contributed by atoms with Crippen LogP contribution < -0.4 is 4.90 Å². The lowest BCUT2D eigenvalue weighted by Crippen LogP contribution is -2.07. The number of hydrogen-bond acceptors (Lipinski definition) is 6. The third-order valence-electron chi connectivity index (χ3n) is 1.40. The van der Waals surface area contributed by atoms with E-state index in [2.05, 4.69) is 29.4 Å². The van der Waals surface area contributed by atoms with Crippen molar-refractivity contribution in [2.45, 2.75) is 4.34 Å². The van der Waals surface area contributed by atoms with E-state index in [0.717, 1.165) is 26.6 Å². The Morgan fingerprint density at radius 3 is 2.79 bits per heavy atom. The summed E-state index contributed by atoms with van der Waals surface area (Å²) in [6, 6.07) is 0. The summed E-state index contributed by atoms with van der Waals surface area (Å²) in [4.78, 5) is 1.95. The van der Waals surface area contributed by atoms with Crippen LogP contribution >= 0.6 is 35.7 Å². The van der Waals surface area contributed by atoms with Crippen molar-refractivity contribution in [1.82, 2.24) is 10.2 Å². The minimum Gasteiger partial charge on any atom is -0.353 e. The van der Waals surface area contributed by atoms with Gasteiger partial charge in [-0.05, 0) is 0 Å². The summed E-state index contributed by atoms with van der Waals surface area (Å²) in [6.07, 6.45) is 0. The minimum absolute atomic E-state index is 0.729. The van der Waals surface area contributed by atoms with Gasteiger partial charge in [0.05, 0.1) is 0 Å². The molecule has 0 saturated carbocycles. The van der Waals surface area contributed by atoms with Gasteiger partial charge in [0, 0.05) is 25.6 Å². The SMILES string of the molecule is C=C(CS)CSc1nnc(N(C)C)s1. The molecule has 0 aliphatic heterocycles. The monoisotopic (exact) mass is 247 g/mol. The van der Waals surface area contributed by atoms with Gasteiger partial charge in [-0.15, -0.1) is 10.2 Å². The molecule has 3 nitrogen and oxygen atoms in total. The maximum Gasteiger partial charge on any atom is 0.208 e. The summed E-state index contributed by atoms with van der Waals surface area (Å²) < 4.78 is 0.983. The molecule has 0 fully saturated rings. The van der Waals surface area contributed by atoms with E-state index in [1.54, 1.807) is 23.1 Å². The first-order chi connectivity index (χ1) is 6.63. The second kappa shape index (κ2) is 5.63. The highest BCUT2D eigenvalue weighted by Crippen LogP contribution is 2.27. The Kier molecular flexibility index (Phi) is 4.77. The Morgan fingerprint density at radius 1 is 1.57 bits per heavy atom. The number of thiol groups is 1. The minimum atomic E-state index is 0.729. The van der Waals surface area contributed by atoms with E-state index >= 15 is 0 Å². The Hall–Kier alpha value is -0.200. The average Bonchev–Trinajstić information content (AvgIpc) is 2.62. The molecule has 0 spiro atoms. The Bertz CT molecular complexity index is 309.